The van der Waals surface area contributed by atoms with Crippen molar-refractivity contribution in [2.45, 2.75) is 13.3 Å². The number of carbonyl (C=O) groups is 1. The molecule has 0 atom stereocenters. The van der Waals surface area contributed by atoms with Crippen LogP contribution in [0.1, 0.15) is 18.1 Å². The number of aromatic hydroxyl groups is 1. The highest BCUT2D eigenvalue weighted by Crippen LogP contribution is 2.29. The van der Waals surface area contributed by atoms with E-state index >= 15 is 0 Å². The normalized spacial score (nSPS) is 9.56. The number of phenols is 1. The van der Waals surface area contributed by atoms with E-state index in [9.17, 15) is 9.90 Å². The molecule has 16 heavy (non-hydrogen) atoms. The number of carbonyl (C=O) groups excluding carboxylic acids is 1. The number of ether oxygens (including phenoxy) is 1. The lowest BCUT2D eigenvalue weighted by Gasteiger charge is -2.06. The fourth-order valence-corrected chi connectivity index (χ4v) is 1.60. The number of nitrogens with zero attached hydrogens (tertiary/aromatic N) is 1. The van der Waals surface area contributed by atoms with Crippen LogP contribution in [0.5, 0.6) is 5.75 Å². The minimum absolute atomic E-state index is 0.0253. The minimum Gasteiger partial charge on any atom is -0.507 e. The number of benzene rings is 1. The molecule has 0 radical (unpaired) electrons. The lowest BCUT2D eigenvalue weighted by Crippen LogP contribution is -2.08. The molecular weight excluding hydrogens is 274 g/mol. The summed E-state index contributed by atoms with van der Waals surface area (Å²) >= 11 is 3.16. The molecule has 0 unspecified atom stereocenters. The number of rotatable bonds is 3. The van der Waals surface area contributed by atoms with Gasteiger partial charge in [-0.3, -0.25) is 4.79 Å². The van der Waals surface area contributed by atoms with E-state index in [1.165, 1.54) is 6.07 Å². The van der Waals surface area contributed by atoms with E-state index in [0.717, 1.165) is 0 Å². The fourth-order valence-electron chi connectivity index (χ4n) is 1.23. The zero-order chi connectivity index (χ0) is 12.1. The molecule has 0 aliphatic carbocycles. The van der Waals surface area contributed by atoms with Gasteiger partial charge in [0, 0.05) is 0 Å². The first-order valence-electron chi connectivity index (χ1n) is 4.65. The van der Waals surface area contributed by atoms with E-state index in [1.807, 2.05) is 6.07 Å². The summed E-state index contributed by atoms with van der Waals surface area (Å²) in [7, 11) is 0. The molecule has 1 rings (SSSR count). The Labute approximate surface area is 102 Å². The van der Waals surface area contributed by atoms with Gasteiger partial charge in [0.15, 0.2) is 0 Å². The summed E-state index contributed by atoms with van der Waals surface area (Å²) in [5.74, 6) is -0.448. The molecule has 0 aliphatic rings. The third kappa shape index (κ3) is 2.97. The Hall–Kier alpha value is -1.54. The van der Waals surface area contributed by atoms with E-state index in [4.69, 9.17) is 10.00 Å². The average Bonchev–Trinajstić information content (AvgIpc) is 2.24. The van der Waals surface area contributed by atoms with Crippen LogP contribution in [0, 0.1) is 11.3 Å². The number of halogens is 1. The second kappa shape index (κ2) is 5.52. The number of phenolic OH excluding ortho intramolecular Hbond substituents is 1. The van der Waals surface area contributed by atoms with Gasteiger partial charge in [-0.2, -0.15) is 5.26 Å². The van der Waals surface area contributed by atoms with Crippen molar-refractivity contribution in [1.29, 1.82) is 5.26 Å². The van der Waals surface area contributed by atoms with Crippen molar-refractivity contribution in [2.24, 2.45) is 0 Å². The molecule has 0 saturated carbocycles. The third-order valence-corrected chi connectivity index (χ3v) is 2.81. The van der Waals surface area contributed by atoms with Crippen molar-refractivity contribution in [3.8, 4) is 11.8 Å². The highest BCUT2D eigenvalue weighted by Gasteiger charge is 2.12. The van der Waals surface area contributed by atoms with Crippen molar-refractivity contribution >= 4 is 21.9 Å². The summed E-state index contributed by atoms with van der Waals surface area (Å²) < 4.78 is 5.21. The summed E-state index contributed by atoms with van der Waals surface area (Å²) in [4.78, 5) is 11.3. The molecule has 0 aliphatic heterocycles. The van der Waals surface area contributed by atoms with Crippen molar-refractivity contribution in [2.75, 3.05) is 6.61 Å². The van der Waals surface area contributed by atoms with Gasteiger partial charge in [-0.1, -0.05) is 0 Å². The van der Waals surface area contributed by atoms with Crippen LogP contribution in [0.3, 0.4) is 0 Å². The highest BCUT2D eigenvalue weighted by molar-refractivity contribution is 9.10. The molecule has 0 aromatic heterocycles. The maximum atomic E-state index is 11.3. The summed E-state index contributed by atoms with van der Waals surface area (Å²) in [6.07, 6.45) is 0.0253. The van der Waals surface area contributed by atoms with Gasteiger partial charge in [-0.15, -0.1) is 0 Å². The van der Waals surface area contributed by atoms with Gasteiger partial charge in [-0.25, -0.2) is 0 Å². The van der Waals surface area contributed by atoms with Crippen LogP contribution in [0.25, 0.3) is 0 Å². The van der Waals surface area contributed by atoms with Crippen molar-refractivity contribution < 1.29 is 14.6 Å². The van der Waals surface area contributed by atoms with Gasteiger partial charge >= 0.3 is 5.97 Å². The van der Waals surface area contributed by atoms with E-state index in [0.29, 0.717) is 22.2 Å². The Morgan fingerprint density at radius 2 is 2.31 bits per heavy atom. The molecule has 0 spiro atoms. The molecule has 5 heteroatoms. The second-order valence-electron chi connectivity index (χ2n) is 3.06. The smallest absolute Gasteiger partial charge is 0.310 e. The van der Waals surface area contributed by atoms with E-state index < -0.39 is 5.97 Å². The van der Waals surface area contributed by atoms with Gasteiger partial charge in [0.05, 0.1) is 29.1 Å². The molecule has 1 aromatic carbocycles. The first-order valence-corrected chi connectivity index (χ1v) is 5.45. The van der Waals surface area contributed by atoms with E-state index in [2.05, 4.69) is 15.9 Å². The summed E-state index contributed by atoms with van der Waals surface area (Å²) in [6, 6.07) is 4.78. The van der Waals surface area contributed by atoms with Crippen LogP contribution in [-0.2, 0) is 16.0 Å². The molecule has 84 valence electrons. The highest BCUT2D eigenvalue weighted by atomic mass is 79.9. The Morgan fingerprint density at radius 1 is 1.62 bits per heavy atom. The van der Waals surface area contributed by atoms with Crippen LogP contribution in [0.4, 0.5) is 0 Å². The SMILES string of the molecule is CCOC(=O)Cc1cc(C#N)cc(O)c1Br. The molecule has 0 bridgehead atoms. The lowest BCUT2D eigenvalue weighted by atomic mass is 10.1. The van der Waals surface area contributed by atoms with Crippen molar-refractivity contribution in [3.63, 3.8) is 0 Å². The van der Waals surface area contributed by atoms with E-state index in [-0.39, 0.29) is 12.2 Å². The number of esters is 1. The Kier molecular flexibility index (Phi) is 4.32. The van der Waals surface area contributed by atoms with E-state index in [1.54, 1.807) is 13.0 Å². The Morgan fingerprint density at radius 3 is 2.88 bits per heavy atom. The summed E-state index contributed by atoms with van der Waals surface area (Å²) in [6.45, 7) is 2.02. The topological polar surface area (TPSA) is 70.3 Å². The fraction of sp³-hybridized carbons (Fsp3) is 0.273. The Balaban J connectivity index is 3.00. The summed E-state index contributed by atoms with van der Waals surface area (Å²) in [5.41, 5.74) is 0.843. The van der Waals surface area contributed by atoms with Crippen molar-refractivity contribution in [3.05, 3.63) is 27.7 Å². The second-order valence-corrected chi connectivity index (χ2v) is 3.86. The molecule has 4 nitrogen and oxygen atoms in total. The number of hydrogen-bond acceptors (Lipinski definition) is 4. The lowest BCUT2D eigenvalue weighted by molar-refractivity contribution is -0.142. The minimum atomic E-state index is -0.391. The average molecular weight is 284 g/mol. The molecule has 1 N–H and O–H groups in total. The first kappa shape index (κ1) is 12.5. The standard InChI is InChI=1S/C11H10BrNO3/c1-2-16-10(15)5-8-3-7(6-13)4-9(14)11(8)12/h3-4,14H,2,5H2,1H3. The zero-order valence-electron chi connectivity index (χ0n) is 8.66. The molecule has 0 fully saturated rings. The molecule has 0 amide bonds. The maximum Gasteiger partial charge on any atom is 0.310 e. The van der Waals surface area contributed by atoms with Crippen LogP contribution in [0.15, 0.2) is 16.6 Å². The molecule has 0 saturated heterocycles. The Bertz CT molecular complexity index is 451. The largest absolute Gasteiger partial charge is 0.507 e. The van der Waals surface area contributed by atoms with Gasteiger partial charge in [0.2, 0.25) is 0 Å². The van der Waals surface area contributed by atoms with Crippen LogP contribution in [-0.4, -0.2) is 17.7 Å². The molecule has 0 heterocycles. The third-order valence-electron chi connectivity index (χ3n) is 1.90. The van der Waals surface area contributed by atoms with Crippen LogP contribution in [0.2, 0.25) is 0 Å². The van der Waals surface area contributed by atoms with Crippen molar-refractivity contribution in [1.82, 2.24) is 0 Å². The molecule has 1 aromatic rings. The zero-order valence-corrected chi connectivity index (χ0v) is 10.2. The quantitative estimate of drug-likeness (QED) is 0.863. The predicted molar refractivity (Wildman–Crippen MR) is 60.9 cm³/mol. The predicted octanol–water partition coefficient (Wildman–Crippen LogP) is 2.13. The molecular formula is C11H10BrNO3. The van der Waals surface area contributed by atoms with Gasteiger partial charge in [0.25, 0.3) is 0 Å². The maximum absolute atomic E-state index is 11.3. The van der Waals surface area contributed by atoms with Gasteiger partial charge in [0.1, 0.15) is 5.75 Å². The van der Waals surface area contributed by atoms with Crippen LogP contribution >= 0.6 is 15.9 Å². The number of nitriles is 1. The van der Waals surface area contributed by atoms with Gasteiger partial charge in [-0.05, 0) is 40.5 Å². The number of hydrogen-bond donors (Lipinski definition) is 1. The monoisotopic (exact) mass is 283 g/mol. The van der Waals surface area contributed by atoms with Gasteiger partial charge < -0.3 is 9.84 Å². The summed E-state index contributed by atoms with van der Waals surface area (Å²) in [5, 5.41) is 18.2. The van der Waals surface area contributed by atoms with Crippen LogP contribution < -0.4 is 0 Å². The first-order chi connectivity index (χ1) is 7.58.